The molecule has 1 aromatic rings. The standard InChI is InChI=1S/C13H15Br2FO2/c1-7-8(3-4-18-7)13(15)9-5-10(14)11(16)6-12(9)17-2/h5-8,13H,3-4H2,1-2H3. The number of ether oxygens (including phenoxy) is 2. The summed E-state index contributed by atoms with van der Waals surface area (Å²) in [5, 5.41) is 0. The fourth-order valence-electron chi connectivity index (χ4n) is 2.30. The summed E-state index contributed by atoms with van der Waals surface area (Å²) in [6.07, 6.45) is 1.19. The predicted octanol–water partition coefficient (Wildman–Crippen LogP) is 4.46. The van der Waals surface area contributed by atoms with Crippen LogP contribution in [0, 0.1) is 11.7 Å². The number of halogens is 3. The Bertz CT molecular complexity index is 439. The molecule has 0 saturated carbocycles. The van der Waals surface area contributed by atoms with Gasteiger partial charge in [0.2, 0.25) is 0 Å². The van der Waals surface area contributed by atoms with Gasteiger partial charge in [-0.15, -0.1) is 0 Å². The van der Waals surface area contributed by atoms with Crippen LogP contribution in [0.3, 0.4) is 0 Å². The topological polar surface area (TPSA) is 18.5 Å². The van der Waals surface area contributed by atoms with Crippen molar-refractivity contribution in [2.24, 2.45) is 5.92 Å². The molecule has 100 valence electrons. The molecule has 1 fully saturated rings. The first-order valence-corrected chi connectivity index (χ1v) is 7.54. The van der Waals surface area contributed by atoms with Gasteiger partial charge in [0, 0.05) is 29.0 Å². The second-order valence-electron chi connectivity index (χ2n) is 4.44. The minimum Gasteiger partial charge on any atom is -0.496 e. The molecule has 5 heteroatoms. The molecule has 2 nitrogen and oxygen atoms in total. The quantitative estimate of drug-likeness (QED) is 0.719. The molecule has 0 aromatic heterocycles. The van der Waals surface area contributed by atoms with Crippen molar-refractivity contribution in [1.29, 1.82) is 0 Å². The van der Waals surface area contributed by atoms with E-state index in [0.29, 0.717) is 16.1 Å². The van der Waals surface area contributed by atoms with Crippen LogP contribution in [-0.4, -0.2) is 19.8 Å². The molecule has 1 heterocycles. The van der Waals surface area contributed by atoms with Crippen LogP contribution in [0.25, 0.3) is 0 Å². The lowest BCUT2D eigenvalue weighted by Crippen LogP contribution is -2.17. The van der Waals surface area contributed by atoms with Crippen LogP contribution in [0.2, 0.25) is 0 Å². The summed E-state index contributed by atoms with van der Waals surface area (Å²) < 4.78 is 24.8. The van der Waals surface area contributed by atoms with Gasteiger partial charge in [0.15, 0.2) is 0 Å². The average molecular weight is 382 g/mol. The Morgan fingerprint density at radius 3 is 2.78 bits per heavy atom. The number of rotatable bonds is 3. The monoisotopic (exact) mass is 380 g/mol. The van der Waals surface area contributed by atoms with Crippen molar-refractivity contribution >= 4 is 31.9 Å². The molecule has 0 aliphatic carbocycles. The zero-order chi connectivity index (χ0) is 13.3. The zero-order valence-corrected chi connectivity index (χ0v) is 13.4. The van der Waals surface area contributed by atoms with Crippen LogP contribution in [0.15, 0.2) is 16.6 Å². The summed E-state index contributed by atoms with van der Waals surface area (Å²) in [5.41, 5.74) is 0.952. The van der Waals surface area contributed by atoms with E-state index in [9.17, 15) is 4.39 Å². The molecule has 1 aliphatic rings. The van der Waals surface area contributed by atoms with Gasteiger partial charge in [-0.05, 0) is 35.3 Å². The molecule has 1 aliphatic heterocycles. The SMILES string of the molecule is COc1cc(F)c(Br)cc1C(Br)C1CCOC1C. The molecule has 1 saturated heterocycles. The molecular formula is C13H15Br2FO2. The third-order valence-electron chi connectivity index (χ3n) is 3.38. The van der Waals surface area contributed by atoms with E-state index in [-0.39, 0.29) is 16.7 Å². The Hall–Kier alpha value is -0.130. The molecular weight excluding hydrogens is 367 g/mol. The number of hydrogen-bond donors (Lipinski definition) is 0. The largest absolute Gasteiger partial charge is 0.496 e. The Balaban J connectivity index is 2.34. The molecule has 0 radical (unpaired) electrons. The lowest BCUT2D eigenvalue weighted by Gasteiger charge is -2.23. The van der Waals surface area contributed by atoms with E-state index in [1.165, 1.54) is 6.07 Å². The Kier molecular flexibility index (Phi) is 4.67. The Morgan fingerprint density at radius 2 is 2.22 bits per heavy atom. The molecule has 2 rings (SSSR count). The molecule has 0 N–H and O–H groups in total. The van der Waals surface area contributed by atoms with Crippen molar-refractivity contribution in [2.75, 3.05) is 13.7 Å². The Labute approximate surface area is 123 Å². The Morgan fingerprint density at radius 1 is 1.50 bits per heavy atom. The second-order valence-corrected chi connectivity index (χ2v) is 6.28. The second kappa shape index (κ2) is 5.88. The van der Waals surface area contributed by atoms with Crippen molar-refractivity contribution in [3.63, 3.8) is 0 Å². The highest BCUT2D eigenvalue weighted by molar-refractivity contribution is 9.10. The highest BCUT2D eigenvalue weighted by atomic mass is 79.9. The van der Waals surface area contributed by atoms with Crippen molar-refractivity contribution in [2.45, 2.75) is 24.3 Å². The van der Waals surface area contributed by atoms with E-state index in [1.807, 2.05) is 0 Å². The molecule has 0 spiro atoms. The van der Waals surface area contributed by atoms with Crippen LogP contribution in [0.5, 0.6) is 5.75 Å². The van der Waals surface area contributed by atoms with Crippen molar-refractivity contribution in [3.8, 4) is 5.75 Å². The molecule has 0 amide bonds. The summed E-state index contributed by atoms with van der Waals surface area (Å²) in [6, 6.07) is 3.19. The maximum absolute atomic E-state index is 13.5. The normalized spacial score (nSPS) is 25.2. The van der Waals surface area contributed by atoms with Gasteiger partial charge in [-0.25, -0.2) is 4.39 Å². The van der Waals surface area contributed by atoms with Crippen LogP contribution >= 0.6 is 31.9 Å². The van der Waals surface area contributed by atoms with Gasteiger partial charge in [-0.1, -0.05) is 15.9 Å². The van der Waals surface area contributed by atoms with Gasteiger partial charge in [-0.2, -0.15) is 0 Å². The maximum Gasteiger partial charge on any atom is 0.141 e. The summed E-state index contributed by atoms with van der Waals surface area (Å²) in [6.45, 7) is 2.84. The first kappa shape index (κ1) is 14.3. The fraction of sp³-hybridized carbons (Fsp3) is 0.538. The third-order valence-corrected chi connectivity index (χ3v) is 5.16. The van der Waals surface area contributed by atoms with Crippen LogP contribution in [-0.2, 0) is 4.74 Å². The van der Waals surface area contributed by atoms with E-state index >= 15 is 0 Å². The van der Waals surface area contributed by atoms with Gasteiger partial charge in [0.25, 0.3) is 0 Å². The van der Waals surface area contributed by atoms with E-state index in [0.717, 1.165) is 18.6 Å². The average Bonchev–Trinajstić information content (AvgIpc) is 2.77. The maximum atomic E-state index is 13.5. The highest BCUT2D eigenvalue weighted by Crippen LogP contribution is 2.44. The summed E-state index contributed by atoms with van der Waals surface area (Å²) in [7, 11) is 1.56. The van der Waals surface area contributed by atoms with Crippen molar-refractivity contribution < 1.29 is 13.9 Å². The minimum atomic E-state index is -0.314. The minimum absolute atomic E-state index is 0.0989. The van der Waals surface area contributed by atoms with Crippen LogP contribution in [0.1, 0.15) is 23.7 Å². The molecule has 0 bridgehead atoms. The summed E-state index contributed by atoms with van der Waals surface area (Å²) in [4.78, 5) is 0.0989. The fourth-order valence-corrected chi connectivity index (χ4v) is 3.71. The first-order chi connectivity index (χ1) is 8.54. The zero-order valence-electron chi connectivity index (χ0n) is 10.3. The van der Waals surface area contributed by atoms with Crippen molar-refractivity contribution in [3.05, 3.63) is 28.0 Å². The van der Waals surface area contributed by atoms with Crippen molar-refractivity contribution in [1.82, 2.24) is 0 Å². The smallest absolute Gasteiger partial charge is 0.141 e. The molecule has 18 heavy (non-hydrogen) atoms. The van der Waals surface area contributed by atoms with E-state index < -0.39 is 0 Å². The van der Waals surface area contributed by atoms with Gasteiger partial charge in [0.1, 0.15) is 11.6 Å². The number of hydrogen-bond acceptors (Lipinski definition) is 2. The van der Waals surface area contributed by atoms with Gasteiger partial charge in [0.05, 0.1) is 17.7 Å². The lowest BCUT2D eigenvalue weighted by molar-refractivity contribution is 0.105. The highest BCUT2D eigenvalue weighted by Gasteiger charge is 2.33. The summed E-state index contributed by atoms with van der Waals surface area (Å²) in [5.74, 6) is 0.624. The van der Waals surface area contributed by atoms with Gasteiger partial charge >= 0.3 is 0 Å². The molecule has 3 atom stereocenters. The van der Waals surface area contributed by atoms with Gasteiger partial charge < -0.3 is 9.47 Å². The molecule has 1 aromatic carbocycles. The van der Waals surface area contributed by atoms with E-state index in [4.69, 9.17) is 9.47 Å². The number of benzene rings is 1. The third kappa shape index (κ3) is 2.73. The number of methoxy groups -OCH3 is 1. The predicted molar refractivity (Wildman–Crippen MR) is 75.8 cm³/mol. The first-order valence-electron chi connectivity index (χ1n) is 5.83. The number of alkyl halides is 1. The van der Waals surface area contributed by atoms with E-state index in [2.05, 4.69) is 38.8 Å². The lowest BCUT2D eigenvalue weighted by atomic mass is 9.93. The molecule has 3 unspecified atom stereocenters. The van der Waals surface area contributed by atoms with Crippen LogP contribution < -0.4 is 4.74 Å². The summed E-state index contributed by atoms with van der Waals surface area (Å²) >= 11 is 6.92. The van der Waals surface area contributed by atoms with Gasteiger partial charge in [-0.3, -0.25) is 0 Å². The van der Waals surface area contributed by atoms with E-state index in [1.54, 1.807) is 13.2 Å². The van der Waals surface area contributed by atoms with Crippen LogP contribution in [0.4, 0.5) is 4.39 Å².